The molecule has 1 atom stereocenters. The SMILES string of the molecule is COc1ccc2c(c1)c1cc(OC)ccc1n2-c1ccc(-c2c3ccccc3c(-c3cccc(-c4ccccn4)c3)c3cc4c(cc23)-c2ccccc2C4C)cc1. The molecule has 8 aromatic carbocycles. The number of aromatic nitrogens is 2. The summed E-state index contributed by atoms with van der Waals surface area (Å²) in [5.41, 5.74) is 15.7. The van der Waals surface area contributed by atoms with Crippen LogP contribution in [0.15, 0.2) is 170 Å². The van der Waals surface area contributed by atoms with Gasteiger partial charge in [0, 0.05) is 34.1 Å². The van der Waals surface area contributed by atoms with Gasteiger partial charge in [0.25, 0.3) is 0 Å². The van der Waals surface area contributed by atoms with Gasteiger partial charge >= 0.3 is 0 Å². The molecule has 0 fully saturated rings. The molecular weight excluding hydrogens is 697 g/mol. The summed E-state index contributed by atoms with van der Waals surface area (Å²) < 4.78 is 13.6. The van der Waals surface area contributed by atoms with Crippen LogP contribution in [0.5, 0.6) is 11.5 Å². The quantitative estimate of drug-likeness (QED) is 0.160. The van der Waals surface area contributed by atoms with E-state index in [-0.39, 0.29) is 0 Å². The van der Waals surface area contributed by atoms with Gasteiger partial charge in [0.05, 0.1) is 30.9 Å². The lowest BCUT2D eigenvalue weighted by atomic mass is 9.83. The minimum absolute atomic E-state index is 0.300. The van der Waals surface area contributed by atoms with Crippen LogP contribution in [0.4, 0.5) is 0 Å². The Morgan fingerprint density at radius 2 is 1.09 bits per heavy atom. The van der Waals surface area contributed by atoms with Crippen LogP contribution in [-0.2, 0) is 0 Å². The molecule has 2 heterocycles. The molecule has 0 saturated carbocycles. The van der Waals surface area contributed by atoms with Gasteiger partial charge in [-0.2, -0.15) is 0 Å². The van der Waals surface area contributed by atoms with E-state index in [9.17, 15) is 0 Å². The summed E-state index contributed by atoms with van der Waals surface area (Å²) >= 11 is 0. The minimum Gasteiger partial charge on any atom is -0.497 e. The highest BCUT2D eigenvalue weighted by Crippen LogP contribution is 2.51. The largest absolute Gasteiger partial charge is 0.497 e. The molecule has 1 unspecified atom stereocenters. The van der Waals surface area contributed by atoms with Crippen LogP contribution in [-0.4, -0.2) is 23.8 Å². The van der Waals surface area contributed by atoms with Crippen molar-refractivity contribution in [2.45, 2.75) is 12.8 Å². The van der Waals surface area contributed by atoms with Crippen LogP contribution in [0.3, 0.4) is 0 Å². The molecule has 0 aliphatic heterocycles. The van der Waals surface area contributed by atoms with Gasteiger partial charge in [0.1, 0.15) is 11.5 Å². The number of pyridine rings is 1. The number of methoxy groups -OCH3 is 2. The number of rotatable bonds is 6. The van der Waals surface area contributed by atoms with Crippen LogP contribution in [0.25, 0.3) is 93.7 Å². The first kappa shape index (κ1) is 33.2. The smallest absolute Gasteiger partial charge is 0.119 e. The van der Waals surface area contributed by atoms with E-state index in [0.29, 0.717) is 5.92 Å². The van der Waals surface area contributed by atoms with Crippen LogP contribution >= 0.6 is 0 Å². The van der Waals surface area contributed by atoms with E-state index < -0.39 is 0 Å². The highest BCUT2D eigenvalue weighted by Gasteiger charge is 2.28. The first-order chi connectivity index (χ1) is 28.1. The second kappa shape index (κ2) is 13.0. The van der Waals surface area contributed by atoms with Crippen molar-refractivity contribution in [3.63, 3.8) is 0 Å². The van der Waals surface area contributed by atoms with Crippen molar-refractivity contribution in [3.8, 4) is 61.8 Å². The van der Waals surface area contributed by atoms with Crippen LogP contribution in [0, 0.1) is 0 Å². The summed E-state index contributed by atoms with van der Waals surface area (Å²) in [6.45, 7) is 2.35. The molecule has 272 valence electrons. The fourth-order valence-electron chi connectivity index (χ4n) is 9.40. The average Bonchev–Trinajstić information content (AvgIpc) is 3.75. The number of hydrogen-bond donors (Lipinski definition) is 0. The van der Waals surface area contributed by atoms with Crippen LogP contribution in [0.1, 0.15) is 24.0 Å². The first-order valence-electron chi connectivity index (χ1n) is 19.5. The van der Waals surface area contributed by atoms with Gasteiger partial charge in [-0.25, -0.2) is 0 Å². The second-order valence-electron chi connectivity index (χ2n) is 15.0. The molecule has 0 bridgehead atoms. The van der Waals surface area contributed by atoms with E-state index in [1.165, 1.54) is 66.1 Å². The summed E-state index contributed by atoms with van der Waals surface area (Å²) in [5.74, 6) is 1.96. The van der Waals surface area contributed by atoms with E-state index in [0.717, 1.165) is 50.2 Å². The molecule has 0 spiro atoms. The van der Waals surface area contributed by atoms with Gasteiger partial charge < -0.3 is 14.0 Å². The lowest BCUT2D eigenvalue weighted by Crippen LogP contribution is -1.96. The zero-order chi connectivity index (χ0) is 38.2. The van der Waals surface area contributed by atoms with E-state index >= 15 is 0 Å². The number of ether oxygens (including phenoxy) is 2. The molecule has 11 rings (SSSR count). The maximum Gasteiger partial charge on any atom is 0.119 e. The summed E-state index contributed by atoms with van der Waals surface area (Å²) in [7, 11) is 3.43. The van der Waals surface area contributed by atoms with Crippen molar-refractivity contribution in [2.75, 3.05) is 14.2 Å². The molecule has 0 amide bonds. The zero-order valence-electron chi connectivity index (χ0n) is 32.0. The molecule has 0 saturated heterocycles. The third-order valence-electron chi connectivity index (χ3n) is 12.1. The highest BCUT2D eigenvalue weighted by atomic mass is 16.5. The number of fused-ring (bicyclic) bond motifs is 8. The zero-order valence-corrected chi connectivity index (χ0v) is 32.0. The summed E-state index contributed by atoms with van der Waals surface area (Å²) in [6, 6.07) is 59.5. The number of benzene rings is 8. The van der Waals surface area contributed by atoms with E-state index in [1.54, 1.807) is 14.2 Å². The Balaban J connectivity index is 1.17. The van der Waals surface area contributed by atoms with Gasteiger partial charge in [-0.05, 0) is 145 Å². The Morgan fingerprint density at radius 3 is 1.77 bits per heavy atom. The minimum atomic E-state index is 0.300. The molecular formula is C53H38N2O2. The lowest BCUT2D eigenvalue weighted by Gasteiger charge is -2.20. The number of hydrogen-bond acceptors (Lipinski definition) is 3. The monoisotopic (exact) mass is 734 g/mol. The third-order valence-corrected chi connectivity index (χ3v) is 12.1. The van der Waals surface area contributed by atoms with Crippen molar-refractivity contribution in [2.24, 2.45) is 0 Å². The maximum atomic E-state index is 5.65. The summed E-state index contributed by atoms with van der Waals surface area (Å²) in [4.78, 5) is 4.70. The second-order valence-corrected chi connectivity index (χ2v) is 15.0. The molecule has 4 heteroatoms. The van der Waals surface area contributed by atoms with E-state index in [4.69, 9.17) is 14.5 Å². The predicted octanol–water partition coefficient (Wildman–Crippen LogP) is 13.6. The number of nitrogens with zero attached hydrogens (tertiary/aromatic N) is 2. The Bertz CT molecular complexity index is 3150. The van der Waals surface area contributed by atoms with Gasteiger partial charge in [-0.3, -0.25) is 4.98 Å². The van der Waals surface area contributed by atoms with Crippen molar-refractivity contribution in [3.05, 3.63) is 181 Å². The van der Waals surface area contributed by atoms with Crippen molar-refractivity contribution >= 4 is 43.4 Å². The fraction of sp³-hybridized carbons (Fsp3) is 0.0755. The summed E-state index contributed by atoms with van der Waals surface area (Å²) in [5, 5.41) is 7.21. The Kier molecular flexibility index (Phi) is 7.55. The summed E-state index contributed by atoms with van der Waals surface area (Å²) in [6.07, 6.45) is 1.87. The molecule has 4 nitrogen and oxygen atoms in total. The molecule has 57 heavy (non-hydrogen) atoms. The Morgan fingerprint density at radius 1 is 0.456 bits per heavy atom. The van der Waals surface area contributed by atoms with Crippen molar-refractivity contribution in [1.29, 1.82) is 0 Å². The Labute approximate surface area is 331 Å². The third kappa shape index (κ3) is 5.11. The van der Waals surface area contributed by atoms with Crippen molar-refractivity contribution < 1.29 is 9.47 Å². The molecule has 10 aromatic rings. The molecule has 0 N–H and O–H groups in total. The maximum absolute atomic E-state index is 5.65. The lowest BCUT2D eigenvalue weighted by molar-refractivity contribution is 0.415. The van der Waals surface area contributed by atoms with Gasteiger partial charge in [0.2, 0.25) is 0 Å². The molecule has 1 aliphatic rings. The predicted molar refractivity (Wildman–Crippen MR) is 236 cm³/mol. The van der Waals surface area contributed by atoms with Crippen LogP contribution < -0.4 is 9.47 Å². The van der Waals surface area contributed by atoms with Gasteiger partial charge in [0.15, 0.2) is 0 Å². The van der Waals surface area contributed by atoms with E-state index in [2.05, 4.69) is 157 Å². The van der Waals surface area contributed by atoms with Gasteiger partial charge in [-0.1, -0.05) is 91.9 Å². The molecule has 0 radical (unpaired) electrons. The Hall–Kier alpha value is -7.17. The van der Waals surface area contributed by atoms with E-state index in [1.807, 2.05) is 24.4 Å². The fourth-order valence-corrected chi connectivity index (χ4v) is 9.40. The standard InChI is InChI=1S/C53H38N2O2/c1-32-39-13-4-5-14-40(39)44-31-48-47(30-43(32)44)53(35-12-10-11-34(27-35)49-17-8-9-26-54-49)42-16-7-6-15-41(42)52(48)33-18-20-36(21-19-33)55-50-24-22-37(56-2)28-45(50)46-29-38(57-3)23-25-51(46)55/h4-32H,1-3H3. The molecule has 1 aliphatic carbocycles. The average molecular weight is 735 g/mol. The first-order valence-corrected chi connectivity index (χ1v) is 19.5. The molecule has 2 aromatic heterocycles. The van der Waals surface area contributed by atoms with Crippen molar-refractivity contribution in [1.82, 2.24) is 9.55 Å². The topological polar surface area (TPSA) is 36.3 Å². The van der Waals surface area contributed by atoms with Gasteiger partial charge in [-0.15, -0.1) is 0 Å². The normalized spacial score (nSPS) is 13.4. The highest BCUT2D eigenvalue weighted by molar-refractivity contribution is 6.22. The van der Waals surface area contributed by atoms with Crippen LogP contribution in [0.2, 0.25) is 0 Å².